The molecule has 0 radical (unpaired) electrons. The van der Waals surface area contributed by atoms with Crippen LogP contribution in [0.15, 0.2) is 0 Å². The molecule has 0 atom stereocenters. The number of nitrogens with zero attached hydrogens (tertiary/aromatic N) is 4. The average molecular weight is 619 g/mol. The zero-order valence-electron chi connectivity index (χ0n) is 15.0. The third kappa shape index (κ3) is 8.54. The maximum atomic E-state index is 5.94. The van der Waals surface area contributed by atoms with Crippen LogP contribution in [-0.2, 0) is 7.59 Å². The smallest absolute Gasteiger partial charge is 0.234 e. The molecule has 0 aliphatic rings. The quantitative estimate of drug-likeness (QED) is 0.205. The third-order valence-corrected chi connectivity index (χ3v) is 5.18. The molecular formula is C14H12Cl10N6. The number of aromatic nitrogens is 4. The van der Waals surface area contributed by atoms with Crippen molar-refractivity contribution in [3.63, 3.8) is 0 Å². The molecule has 6 nitrogen and oxygen atoms in total. The van der Waals surface area contributed by atoms with Crippen LogP contribution in [-0.4, -0.2) is 33.0 Å². The van der Waals surface area contributed by atoms with Crippen LogP contribution in [0.1, 0.15) is 25.2 Å². The van der Waals surface area contributed by atoms with Gasteiger partial charge in [0, 0.05) is 13.1 Å². The summed E-state index contributed by atoms with van der Waals surface area (Å²) in [6.45, 7) is 4.99. The number of nitrogens with one attached hydrogen (secondary N) is 2. The van der Waals surface area contributed by atoms with Gasteiger partial charge in [-0.25, -0.2) is 9.97 Å². The van der Waals surface area contributed by atoms with E-state index in [-0.39, 0.29) is 37.8 Å². The second-order valence-corrected chi connectivity index (χ2v) is 11.1. The van der Waals surface area contributed by atoms with Gasteiger partial charge in [0.05, 0.1) is 0 Å². The first-order chi connectivity index (χ1) is 13.7. The minimum Gasteiger partial charge on any atom is -0.369 e. The van der Waals surface area contributed by atoms with Crippen molar-refractivity contribution in [1.29, 1.82) is 0 Å². The van der Waals surface area contributed by atoms with Gasteiger partial charge < -0.3 is 10.6 Å². The fourth-order valence-corrected chi connectivity index (χ4v) is 3.71. The van der Waals surface area contributed by atoms with Crippen LogP contribution in [0.25, 0.3) is 0 Å². The second-order valence-electron chi connectivity index (χ2n) is 5.06. The molecule has 0 aliphatic carbocycles. The third-order valence-electron chi connectivity index (χ3n) is 2.85. The van der Waals surface area contributed by atoms with Crippen LogP contribution in [0.5, 0.6) is 0 Å². The summed E-state index contributed by atoms with van der Waals surface area (Å²) in [5, 5.41) is 5.94. The highest BCUT2D eigenvalue weighted by Gasteiger charge is 2.31. The summed E-state index contributed by atoms with van der Waals surface area (Å²) in [6.07, 6.45) is 0. The summed E-state index contributed by atoms with van der Waals surface area (Å²) in [5.41, 5.74) is 0.121. The van der Waals surface area contributed by atoms with Crippen molar-refractivity contribution in [2.24, 2.45) is 0 Å². The Balaban J connectivity index is 0.000000300. The summed E-state index contributed by atoms with van der Waals surface area (Å²) in [6, 6.07) is 0. The van der Waals surface area contributed by atoms with Crippen molar-refractivity contribution in [3.8, 4) is 0 Å². The molecule has 16 heteroatoms. The Morgan fingerprint density at radius 1 is 0.667 bits per heavy atom. The monoisotopic (exact) mass is 614 g/mol. The van der Waals surface area contributed by atoms with Gasteiger partial charge in [-0.2, -0.15) is 9.97 Å². The summed E-state index contributed by atoms with van der Waals surface area (Å²) < 4.78 is -3.46. The molecule has 0 aromatic carbocycles. The molecule has 168 valence electrons. The highest BCUT2D eigenvalue weighted by atomic mass is 35.6. The molecule has 2 heterocycles. The number of anilines is 2. The average Bonchev–Trinajstić information content (AvgIpc) is 2.60. The van der Waals surface area contributed by atoms with Gasteiger partial charge in [0.1, 0.15) is 27.3 Å². The van der Waals surface area contributed by atoms with Crippen molar-refractivity contribution in [3.05, 3.63) is 31.9 Å². The fraction of sp³-hybridized carbons (Fsp3) is 0.429. The van der Waals surface area contributed by atoms with E-state index in [1.54, 1.807) is 0 Å². The number of alkyl halides is 6. The molecule has 2 aromatic heterocycles. The molecule has 0 saturated carbocycles. The van der Waals surface area contributed by atoms with Gasteiger partial charge in [-0.05, 0) is 25.4 Å². The minimum atomic E-state index is -1.73. The molecule has 0 aliphatic heterocycles. The lowest BCUT2D eigenvalue weighted by Crippen LogP contribution is -2.10. The largest absolute Gasteiger partial charge is 0.369 e. The van der Waals surface area contributed by atoms with E-state index in [1.165, 1.54) is 0 Å². The molecule has 2 rings (SSSR count). The normalized spacial score (nSPS) is 11.6. The lowest BCUT2D eigenvalue weighted by molar-refractivity contribution is 1.01. The van der Waals surface area contributed by atoms with Gasteiger partial charge in [-0.15, -0.1) is 0 Å². The molecule has 30 heavy (non-hydrogen) atoms. The van der Waals surface area contributed by atoms with Crippen molar-refractivity contribution < 1.29 is 0 Å². The second kappa shape index (κ2) is 12.2. The van der Waals surface area contributed by atoms with E-state index in [2.05, 4.69) is 30.6 Å². The number of rotatable bonds is 4. The Hall–Kier alpha value is 0.660. The first-order valence-corrected chi connectivity index (χ1v) is 11.6. The molecule has 2 aromatic rings. The van der Waals surface area contributed by atoms with Crippen molar-refractivity contribution in [1.82, 2.24) is 19.9 Å². The topological polar surface area (TPSA) is 75.6 Å². The van der Waals surface area contributed by atoms with Gasteiger partial charge in [-0.3, -0.25) is 0 Å². The highest BCUT2D eigenvalue weighted by molar-refractivity contribution is 6.67. The van der Waals surface area contributed by atoms with Gasteiger partial charge in [0.15, 0.2) is 5.15 Å². The van der Waals surface area contributed by atoms with E-state index < -0.39 is 7.59 Å². The number of hydrogen-bond donors (Lipinski definition) is 2. The van der Waals surface area contributed by atoms with E-state index in [1.807, 2.05) is 13.8 Å². The molecular weight excluding hydrogens is 607 g/mol. The van der Waals surface area contributed by atoms with E-state index in [0.29, 0.717) is 18.9 Å². The Kier molecular flexibility index (Phi) is 11.7. The maximum Gasteiger partial charge on any atom is 0.234 e. The van der Waals surface area contributed by atoms with Gasteiger partial charge in [0.25, 0.3) is 0 Å². The summed E-state index contributed by atoms with van der Waals surface area (Å²) >= 11 is 57.3. The SMILES string of the molecule is CCNc1nc(Cl)c(Cl)c(C(Cl)(Cl)Cl)n1.CCNc1nc(Cl)nc(C(Cl)(Cl)Cl)c1Cl. The number of hydrogen-bond acceptors (Lipinski definition) is 6. The molecule has 0 unspecified atom stereocenters. The Bertz CT molecular complexity index is 856. The first kappa shape index (κ1) is 28.7. The molecule has 0 spiro atoms. The van der Waals surface area contributed by atoms with Gasteiger partial charge in [-0.1, -0.05) is 104 Å². The predicted octanol–water partition coefficient (Wildman–Crippen LogP) is 8.08. The fourth-order valence-electron chi connectivity index (χ4n) is 1.74. The highest BCUT2D eigenvalue weighted by Crippen LogP contribution is 2.43. The standard InChI is InChI=1S/2C7H6Cl5N3/c1-2-13-5-3(8)4(7(10,11)12)14-6(9)15-5;1-2-13-6-14-4(7(10,11)12)3(8)5(9)15-6/h2*2H2,1H3,(H,13,14,15). The molecule has 0 saturated heterocycles. The zero-order chi connectivity index (χ0) is 23.3. The van der Waals surface area contributed by atoms with Crippen LogP contribution in [0.2, 0.25) is 20.5 Å². The van der Waals surface area contributed by atoms with Crippen LogP contribution in [0.4, 0.5) is 11.8 Å². The van der Waals surface area contributed by atoms with Gasteiger partial charge in [0.2, 0.25) is 18.8 Å². The summed E-state index contributed by atoms with van der Waals surface area (Å²) in [4.78, 5) is 15.5. The van der Waals surface area contributed by atoms with E-state index in [4.69, 9.17) is 116 Å². The van der Waals surface area contributed by atoms with E-state index in [0.717, 1.165) is 0 Å². The van der Waals surface area contributed by atoms with Crippen LogP contribution >= 0.6 is 116 Å². The molecule has 0 bridgehead atoms. The molecule has 0 fully saturated rings. The minimum absolute atomic E-state index is 0.0309. The molecule has 0 amide bonds. The first-order valence-electron chi connectivity index (χ1n) is 7.80. The summed E-state index contributed by atoms with van der Waals surface area (Å²) in [7, 11) is 0. The van der Waals surface area contributed by atoms with E-state index in [9.17, 15) is 0 Å². The van der Waals surface area contributed by atoms with E-state index >= 15 is 0 Å². The Morgan fingerprint density at radius 3 is 1.63 bits per heavy atom. The van der Waals surface area contributed by atoms with Crippen LogP contribution in [0, 0.1) is 0 Å². The van der Waals surface area contributed by atoms with Gasteiger partial charge >= 0.3 is 0 Å². The van der Waals surface area contributed by atoms with Crippen LogP contribution < -0.4 is 10.6 Å². The van der Waals surface area contributed by atoms with Crippen molar-refractivity contribution >= 4 is 128 Å². The maximum absolute atomic E-state index is 5.94. The lowest BCUT2D eigenvalue weighted by Gasteiger charge is -2.14. The zero-order valence-corrected chi connectivity index (χ0v) is 22.5. The number of halogens is 10. The predicted molar refractivity (Wildman–Crippen MR) is 131 cm³/mol. The summed E-state index contributed by atoms with van der Waals surface area (Å²) in [5.74, 6) is 0.619. The van der Waals surface area contributed by atoms with Crippen molar-refractivity contribution in [2.75, 3.05) is 23.7 Å². The lowest BCUT2D eigenvalue weighted by atomic mass is 10.4. The molecule has 2 N–H and O–H groups in total. The Labute approximate surface area is 223 Å². The van der Waals surface area contributed by atoms with Crippen molar-refractivity contribution in [2.45, 2.75) is 21.4 Å². The van der Waals surface area contributed by atoms with Crippen LogP contribution in [0.3, 0.4) is 0 Å². The Morgan fingerprint density at radius 2 is 1.17 bits per heavy atom.